The molecule has 3 aromatic rings. The Morgan fingerprint density at radius 1 is 0.931 bits per heavy atom. The first-order valence-electron chi connectivity index (χ1n) is 9.14. The molecule has 1 N–H and O–H groups in total. The maximum absolute atomic E-state index is 13.4. The van der Waals surface area contributed by atoms with E-state index >= 15 is 0 Å². The summed E-state index contributed by atoms with van der Waals surface area (Å²) in [5, 5.41) is 0.387. The van der Waals surface area contributed by atoms with Crippen LogP contribution in [0.2, 0.25) is 0 Å². The number of alkyl halides is 3. The third-order valence-electron chi connectivity index (χ3n) is 5.27. The number of para-hydroxylation sites is 1. The Morgan fingerprint density at radius 2 is 1.62 bits per heavy atom. The van der Waals surface area contributed by atoms with Crippen LogP contribution in [0.3, 0.4) is 0 Å². The summed E-state index contributed by atoms with van der Waals surface area (Å²) in [5.41, 5.74) is 0.297. The lowest BCUT2D eigenvalue weighted by molar-refractivity contribution is -0.139. The molecule has 0 unspecified atom stereocenters. The van der Waals surface area contributed by atoms with Gasteiger partial charge in [-0.25, -0.2) is 8.42 Å². The molecule has 0 spiro atoms. The molecule has 0 amide bonds. The molecule has 154 valence electrons. The molecular formula is C20H20F3N3O2S. The molecule has 1 aliphatic rings. The summed E-state index contributed by atoms with van der Waals surface area (Å²) in [7, 11) is -2.33. The summed E-state index contributed by atoms with van der Waals surface area (Å²) in [4.78, 5) is 6.45. The number of sulfone groups is 1. The molecule has 0 saturated carbocycles. The van der Waals surface area contributed by atoms with Crippen LogP contribution in [0.5, 0.6) is 0 Å². The highest BCUT2D eigenvalue weighted by Gasteiger charge is 2.38. The van der Waals surface area contributed by atoms with Crippen LogP contribution in [0.15, 0.2) is 58.5 Å². The molecule has 4 rings (SSSR count). The first-order chi connectivity index (χ1) is 13.7. The monoisotopic (exact) mass is 423 g/mol. The molecule has 2 heterocycles. The topological polar surface area (TPSA) is 56.4 Å². The number of rotatable bonds is 3. The number of aromatic nitrogens is 1. The van der Waals surface area contributed by atoms with E-state index in [9.17, 15) is 21.6 Å². The van der Waals surface area contributed by atoms with Gasteiger partial charge in [0.25, 0.3) is 0 Å². The smallest absolute Gasteiger partial charge is 0.367 e. The highest BCUT2D eigenvalue weighted by Crippen LogP contribution is 2.39. The minimum absolute atomic E-state index is 0.153. The summed E-state index contributed by atoms with van der Waals surface area (Å²) >= 11 is 0. The lowest BCUT2D eigenvalue weighted by Gasteiger charge is -2.34. The number of likely N-dealkylation sites (N-methyl/N-ethyl adjacent to an activating group) is 1. The first-order valence-corrected chi connectivity index (χ1v) is 10.6. The van der Waals surface area contributed by atoms with Gasteiger partial charge in [0.2, 0.25) is 9.84 Å². The van der Waals surface area contributed by atoms with E-state index in [0.717, 1.165) is 44.0 Å². The fourth-order valence-electron chi connectivity index (χ4n) is 3.70. The molecule has 1 fully saturated rings. The van der Waals surface area contributed by atoms with Crippen molar-refractivity contribution in [2.24, 2.45) is 0 Å². The van der Waals surface area contributed by atoms with Gasteiger partial charge in [0, 0.05) is 37.8 Å². The standard InChI is InChI=1S/C20H20F3N3O2S/c1-25-9-11-26(12-10-25)16-7-4-5-14-18(13-24-19(14)16)29(27,28)17-8-3-2-6-15(17)20(21,22)23/h2-8,13,24H,9-12H2,1H3. The minimum atomic E-state index is -4.76. The quantitative estimate of drug-likeness (QED) is 0.697. The van der Waals surface area contributed by atoms with E-state index in [1.54, 1.807) is 12.1 Å². The number of anilines is 1. The zero-order chi connectivity index (χ0) is 20.8. The van der Waals surface area contributed by atoms with Crippen molar-refractivity contribution >= 4 is 26.4 Å². The van der Waals surface area contributed by atoms with E-state index in [1.807, 2.05) is 13.1 Å². The fourth-order valence-corrected chi connectivity index (χ4v) is 5.34. The van der Waals surface area contributed by atoms with Gasteiger partial charge in [-0.05, 0) is 25.2 Å². The third kappa shape index (κ3) is 3.49. The van der Waals surface area contributed by atoms with Crippen LogP contribution >= 0.6 is 0 Å². The highest BCUT2D eigenvalue weighted by atomic mass is 32.2. The Hall–Kier alpha value is -2.52. The summed E-state index contributed by atoms with van der Waals surface area (Å²) in [6.45, 7) is 3.32. The van der Waals surface area contributed by atoms with Gasteiger partial charge in [0.1, 0.15) is 0 Å². The molecule has 5 nitrogen and oxygen atoms in total. The predicted octanol–water partition coefficient (Wildman–Crippen LogP) is 3.77. The maximum Gasteiger partial charge on any atom is 0.417 e. The molecule has 1 saturated heterocycles. The Balaban J connectivity index is 1.83. The number of hydrogen-bond donors (Lipinski definition) is 1. The maximum atomic E-state index is 13.4. The summed E-state index contributed by atoms with van der Waals surface area (Å²) in [5.74, 6) is 0. The van der Waals surface area contributed by atoms with Gasteiger partial charge >= 0.3 is 6.18 Å². The summed E-state index contributed by atoms with van der Waals surface area (Å²) in [6.07, 6.45) is -3.48. The number of nitrogens with one attached hydrogen (secondary N) is 1. The number of hydrogen-bond acceptors (Lipinski definition) is 4. The molecule has 2 aromatic carbocycles. The summed E-state index contributed by atoms with van der Waals surface area (Å²) in [6, 6.07) is 9.52. The predicted molar refractivity (Wildman–Crippen MR) is 105 cm³/mol. The molecule has 29 heavy (non-hydrogen) atoms. The summed E-state index contributed by atoms with van der Waals surface area (Å²) < 4.78 is 66.5. The molecule has 0 atom stereocenters. The van der Waals surface area contributed by atoms with Crippen LogP contribution in [0, 0.1) is 0 Å². The lowest BCUT2D eigenvalue weighted by Crippen LogP contribution is -2.44. The van der Waals surface area contributed by atoms with E-state index in [4.69, 9.17) is 0 Å². The van der Waals surface area contributed by atoms with E-state index in [-0.39, 0.29) is 4.90 Å². The zero-order valence-electron chi connectivity index (χ0n) is 15.7. The van der Waals surface area contributed by atoms with Gasteiger partial charge in [-0.15, -0.1) is 0 Å². The van der Waals surface area contributed by atoms with Gasteiger partial charge in [-0.2, -0.15) is 13.2 Å². The Morgan fingerprint density at radius 3 is 2.31 bits per heavy atom. The second kappa shape index (κ2) is 7.07. The van der Waals surface area contributed by atoms with Crippen molar-refractivity contribution < 1.29 is 21.6 Å². The molecule has 1 aromatic heterocycles. The fraction of sp³-hybridized carbons (Fsp3) is 0.300. The van der Waals surface area contributed by atoms with Crippen molar-refractivity contribution in [2.45, 2.75) is 16.0 Å². The zero-order valence-corrected chi connectivity index (χ0v) is 16.5. The van der Waals surface area contributed by atoms with Gasteiger partial charge in [-0.1, -0.05) is 24.3 Å². The van der Waals surface area contributed by atoms with Crippen molar-refractivity contribution in [3.05, 3.63) is 54.2 Å². The van der Waals surface area contributed by atoms with Crippen molar-refractivity contribution in [3.63, 3.8) is 0 Å². The average molecular weight is 423 g/mol. The normalized spacial score (nSPS) is 16.5. The molecule has 0 bridgehead atoms. The Labute approximate surface area is 166 Å². The number of fused-ring (bicyclic) bond motifs is 1. The van der Waals surface area contributed by atoms with Crippen LogP contribution < -0.4 is 4.90 Å². The van der Waals surface area contributed by atoms with E-state index in [0.29, 0.717) is 10.9 Å². The number of piperazine rings is 1. The van der Waals surface area contributed by atoms with Crippen LogP contribution in [0.25, 0.3) is 10.9 Å². The number of H-pyrrole nitrogens is 1. The lowest BCUT2D eigenvalue weighted by atomic mass is 10.2. The van der Waals surface area contributed by atoms with E-state index in [2.05, 4.69) is 14.8 Å². The number of nitrogens with zero attached hydrogens (tertiary/aromatic N) is 2. The van der Waals surface area contributed by atoms with Crippen LogP contribution in [-0.2, 0) is 16.0 Å². The van der Waals surface area contributed by atoms with E-state index < -0.39 is 26.5 Å². The SMILES string of the molecule is CN1CCN(c2cccc3c(S(=O)(=O)c4ccccc4C(F)(F)F)c[nH]c23)CC1. The largest absolute Gasteiger partial charge is 0.417 e. The van der Waals surface area contributed by atoms with Crippen molar-refractivity contribution in [2.75, 3.05) is 38.1 Å². The highest BCUT2D eigenvalue weighted by molar-refractivity contribution is 7.91. The van der Waals surface area contributed by atoms with Gasteiger partial charge < -0.3 is 14.8 Å². The third-order valence-corrected chi connectivity index (χ3v) is 7.12. The molecular weight excluding hydrogens is 403 g/mol. The Bertz CT molecular complexity index is 1150. The molecule has 0 radical (unpaired) electrons. The van der Waals surface area contributed by atoms with Crippen LogP contribution in [-0.4, -0.2) is 51.5 Å². The van der Waals surface area contributed by atoms with Gasteiger partial charge in [0.05, 0.1) is 26.6 Å². The molecule has 9 heteroatoms. The van der Waals surface area contributed by atoms with E-state index in [1.165, 1.54) is 18.3 Å². The van der Waals surface area contributed by atoms with Gasteiger partial charge in [0.15, 0.2) is 0 Å². The number of aromatic amines is 1. The first kappa shape index (κ1) is 19.8. The van der Waals surface area contributed by atoms with Crippen molar-refractivity contribution in [1.82, 2.24) is 9.88 Å². The number of halogens is 3. The minimum Gasteiger partial charge on any atom is -0.367 e. The number of benzene rings is 2. The molecule has 0 aliphatic carbocycles. The van der Waals surface area contributed by atoms with Crippen LogP contribution in [0.1, 0.15) is 5.56 Å². The Kier molecular flexibility index (Phi) is 4.82. The van der Waals surface area contributed by atoms with Crippen molar-refractivity contribution in [3.8, 4) is 0 Å². The van der Waals surface area contributed by atoms with Gasteiger partial charge in [-0.3, -0.25) is 0 Å². The van der Waals surface area contributed by atoms with Crippen LogP contribution in [0.4, 0.5) is 18.9 Å². The average Bonchev–Trinajstić information content (AvgIpc) is 3.13. The second-order valence-corrected chi connectivity index (χ2v) is 9.03. The van der Waals surface area contributed by atoms with Crippen molar-refractivity contribution in [1.29, 1.82) is 0 Å². The molecule has 1 aliphatic heterocycles. The second-order valence-electron chi connectivity index (χ2n) is 7.14.